The van der Waals surface area contributed by atoms with Gasteiger partial charge in [-0.3, -0.25) is 9.97 Å². The van der Waals surface area contributed by atoms with Crippen LogP contribution in [-0.2, 0) is 0 Å². The third-order valence-corrected chi connectivity index (χ3v) is 4.04. The normalized spacial score (nSPS) is 10.5. The van der Waals surface area contributed by atoms with Crippen LogP contribution in [0, 0.1) is 0 Å². The summed E-state index contributed by atoms with van der Waals surface area (Å²) in [6.45, 7) is 0. The molecule has 0 bridgehead atoms. The van der Waals surface area contributed by atoms with Crippen LogP contribution in [0.3, 0.4) is 0 Å². The zero-order valence-electron chi connectivity index (χ0n) is 10.3. The lowest BCUT2D eigenvalue weighted by Crippen LogP contribution is -1.93. The summed E-state index contributed by atoms with van der Waals surface area (Å²) in [6, 6.07) is 13.5. The van der Waals surface area contributed by atoms with Crippen LogP contribution in [0.25, 0.3) is 22.8 Å². The SMILES string of the molecule is Brc1cccnc1-c1nc(-c2ccccn2)ccc1Br. The van der Waals surface area contributed by atoms with Gasteiger partial charge in [-0.15, -0.1) is 0 Å². The summed E-state index contributed by atoms with van der Waals surface area (Å²) < 4.78 is 1.81. The molecule has 0 radical (unpaired) electrons. The fourth-order valence-electron chi connectivity index (χ4n) is 1.83. The first kappa shape index (κ1) is 13.4. The Balaban J connectivity index is 2.15. The largest absolute Gasteiger partial charge is 0.255 e. The minimum atomic E-state index is 0.792. The Morgan fingerprint density at radius 3 is 2.20 bits per heavy atom. The maximum atomic E-state index is 4.67. The molecule has 3 nitrogen and oxygen atoms in total. The Kier molecular flexibility index (Phi) is 3.89. The zero-order valence-corrected chi connectivity index (χ0v) is 13.5. The first-order valence-electron chi connectivity index (χ1n) is 5.94. The second-order valence-corrected chi connectivity index (χ2v) is 5.78. The van der Waals surface area contributed by atoms with Crippen molar-refractivity contribution in [2.24, 2.45) is 0 Å². The summed E-state index contributed by atoms with van der Waals surface area (Å²) >= 11 is 7.04. The lowest BCUT2D eigenvalue weighted by molar-refractivity contribution is 1.20. The number of pyridine rings is 3. The average molecular weight is 391 g/mol. The molecule has 98 valence electrons. The second kappa shape index (κ2) is 5.81. The second-order valence-electron chi connectivity index (χ2n) is 4.08. The van der Waals surface area contributed by atoms with E-state index in [0.717, 1.165) is 31.7 Å². The van der Waals surface area contributed by atoms with Crippen molar-refractivity contribution in [3.8, 4) is 22.8 Å². The fourth-order valence-corrected chi connectivity index (χ4v) is 2.68. The van der Waals surface area contributed by atoms with Crippen LogP contribution in [-0.4, -0.2) is 15.0 Å². The number of halogens is 2. The molecule has 0 saturated carbocycles. The van der Waals surface area contributed by atoms with E-state index in [9.17, 15) is 0 Å². The van der Waals surface area contributed by atoms with Crippen LogP contribution in [0.5, 0.6) is 0 Å². The molecule has 0 aliphatic carbocycles. The first-order chi connectivity index (χ1) is 9.75. The maximum Gasteiger partial charge on any atom is 0.105 e. The average Bonchev–Trinajstić information content (AvgIpc) is 2.49. The van der Waals surface area contributed by atoms with Gasteiger partial charge in [0.15, 0.2) is 0 Å². The van der Waals surface area contributed by atoms with Crippen molar-refractivity contribution < 1.29 is 0 Å². The van der Waals surface area contributed by atoms with E-state index in [1.807, 2.05) is 42.5 Å². The number of hydrogen-bond acceptors (Lipinski definition) is 3. The number of aromatic nitrogens is 3. The Morgan fingerprint density at radius 1 is 0.650 bits per heavy atom. The van der Waals surface area contributed by atoms with Gasteiger partial charge in [-0.05, 0) is 68.3 Å². The van der Waals surface area contributed by atoms with Crippen molar-refractivity contribution in [3.05, 3.63) is 63.8 Å². The van der Waals surface area contributed by atoms with Gasteiger partial charge in [-0.1, -0.05) is 6.07 Å². The van der Waals surface area contributed by atoms with Crippen molar-refractivity contribution in [1.29, 1.82) is 0 Å². The van der Waals surface area contributed by atoms with E-state index < -0.39 is 0 Å². The molecule has 0 aromatic carbocycles. The molecule has 3 heterocycles. The van der Waals surface area contributed by atoms with Crippen LogP contribution in [0.15, 0.2) is 63.8 Å². The smallest absolute Gasteiger partial charge is 0.105 e. The Hall–Kier alpha value is -1.59. The highest BCUT2D eigenvalue weighted by molar-refractivity contribution is 9.11. The number of nitrogens with zero attached hydrogens (tertiary/aromatic N) is 3. The molecule has 5 heteroatoms. The third-order valence-electron chi connectivity index (χ3n) is 2.76. The lowest BCUT2D eigenvalue weighted by atomic mass is 10.2. The summed E-state index contributed by atoms with van der Waals surface area (Å²) in [5, 5.41) is 0. The van der Waals surface area contributed by atoms with Crippen LogP contribution in [0.4, 0.5) is 0 Å². The molecular weight excluding hydrogens is 382 g/mol. The molecule has 0 aliphatic rings. The van der Waals surface area contributed by atoms with Crippen LogP contribution in [0.1, 0.15) is 0 Å². The summed E-state index contributed by atoms with van der Waals surface area (Å²) in [4.78, 5) is 13.4. The van der Waals surface area contributed by atoms with Crippen molar-refractivity contribution in [2.45, 2.75) is 0 Å². The zero-order chi connectivity index (χ0) is 13.9. The van der Waals surface area contributed by atoms with Crippen molar-refractivity contribution in [2.75, 3.05) is 0 Å². The van der Waals surface area contributed by atoms with Crippen LogP contribution < -0.4 is 0 Å². The monoisotopic (exact) mass is 389 g/mol. The van der Waals surface area contributed by atoms with Gasteiger partial charge in [0.1, 0.15) is 11.4 Å². The van der Waals surface area contributed by atoms with Gasteiger partial charge in [0.25, 0.3) is 0 Å². The first-order valence-corrected chi connectivity index (χ1v) is 7.53. The Bertz CT molecular complexity index is 745. The van der Waals surface area contributed by atoms with Gasteiger partial charge in [-0.2, -0.15) is 0 Å². The van der Waals surface area contributed by atoms with Gasteiger partial charge < -0.3 is 0 Å². The fraction of sp³-hybridized carbons (Fsp3) is 0. The predicted molar refractivity (Wildman–Crippen MR) is 86.1 cm³/mol. The van der Waals surface area contributed by atoms with Crippen molar-refractivity contribution in [3.63, 3.8) is 0 Å². The minimum Gasteiger partial charge on any atom is -0.255 e. The quantitative estimate of drug-likeness (QED) is 0.634. The lowest BCUT2D eigenvalue weighted by Gasteiger charge is -2.07. The topological polar surface area (TPSA) is 38.7 Å². The molecule has 0 amide bonds. The molecule has 3 aromatic heterocycles. The van der Waals surface area contributed by atoms with E-state index in [1.165, 1.54) is 0 Å². The summed E-state index contributed by atoms with van der Waals surface area (Å²) in [5.41, 5.74) is 3.26. The number of rotatable bonds is 2. The van der Waals surface area contributed by atoms with E-state index in [2.05, 4.69) is 46.8 Å². The molecule has 3 rings (SSSR count). The van der Waals surface area contributed by atoms with E-state index in [0.29, 0.717) is 0 Å². The minimum absolute atomic E-state index is 0.792. The summed E-state index contributed by atoms with van der Waals surface area (Å²) in [6.07, 6.45) is 3.51. The molecule has 3 aromatic rings. The molecule has 0 unspecified atom stereocenters. The highest BCUT2D eigenvalue weighted by atomic mass is 79.9. The molecule has 0 saturated heterocycles. The number of hydrogen-bond donors (Lipinski definition) is 0. The van der Waals surface area contributed by atoms with Gasteiger partial charge in [0.2, 0.25) is 0 Å². The molecule has 0 fully saturated rings. The molecular formula is C15H9Br2N3. The van der Waals surface area contributed by atoms with Gasteiger partial charge >= 0.3 is 0 Å². The van der Waals surface area contributed by atoms with E-state index in [4.69, 9.17) is 0 Å². The molecule has 20 heavy (non-hydrogen) atoms. The predicted octanol–water partition coefficient (Wildman–Crippen LogP) is 4.73. The summed E-state index contributed by atoms with van der Waals surface area (Å²) in [7, 11) is 0. The molecule has 0 spiro atoms. The highest BCUT2D eigenvalue weighted by Gasteiger charge is 2.12. The van der Waals surface area contributed by atoms with Gasteiger partial charge in [0, 0.05) is 21.3 Å². The molecule has 0 atom stereocenters. The van der Waals surface area contributed by atoms with Gasteiger partial charge in [0.05, 0.1) is 11.4 Å². The van der Waals surface area contributed by atoms with E-state index in [1.54, 1.807) is 12.4 Å². The Morgan fingerprint density at radius 2 is 1.45 bits per heavy atom. The Labute approximate surface area is 133 Å². The van der Waals surface area contributed by atoms with Crippen molar-refractivity contribution in [1.82, 2.24) is 15.0 Å². The van der Waals surface area contributed by atoms with E-state index in [-0.39, 0.29) is 0 Å². The van der Waals surface area contributed by atoms with Crippen LogP contribution in [0.2, 0.25) is 0 Å². The third kappa shape index (κ3) is 2.64. The molecule has 0 N–H and O–H groups in total. The van der Waals surface area contributed by atoms with Crippen molar-refractivity contribution >= 4 is 31.9 Å². The van der Waals surface area contributed by atoms with Crippen LogP contribution >= 0.6 is 31.9 Å². The van der Waals surface area contributed by atoms with E-state index >= 15 is 0 Å². The highest BCUT2D eigenvalue weighted by Crippen LogP contribution is 2.31. The summed E-state index contributed by atoms with van der Waals surface area (Å²) in [5.74, 6) is 0. The maximum absolute atomic E-state index is 4.67. The standard InChI is InChI=1S/C15H9Br2N3/c16-10-4-3-9-19-14(10)15-11(17)6-7-13(20-15)12-5-1-2-8-18-12/h1-9H. The molecule has 0 aliphatic heterocycles. The van der Waals surface area contributed by atoms with Gasteiger partial charge in [-0.25, -0.2) is 4.98 Å².